The summed E-state index contributed by atoms with van der Waals surface area (Å²) in [6.45, 7) is 6.10. The number of hydrogen-bond acceptors (Lipinski definition) is 4. The fraction of sp³-hybridized carbons (Fsp3) is 0.400. The maximum absolute atomic E-state index is 13.7. The van der Waals surface area contributed by atoms with Crippen molar-refractivity contribution >= 4 is 23.2 Å². The Kier molecular flexibility index (Phi) is 4.97. The predicted molar refractivity (Wildman–Crippen MR) is 125 cm³/mol. The molecule has 1 saturated carbocycles. The molecule has 32 heavy (non-hydrogen) atoms. The minimum Gasteiger partial charge on any atom is -0.340 e. The van der Waals surface area contributed by atoms with E-state index in [1.165, 1.54) is 4.88 Å². The number of thiophene rings is 1. The number of rotatable bonds is 5. The summed E-state index contributed by atoms with van der Waals surface area (Å²) >= 11 is 1.66. The molecule has 1 aromatic carbocycles. The number of benzene rings is 1. The Morgan fingerprint density at radius 3 is 2.69 bits per heavy atom. The molecule has 0 unspecified atom stereocenters. The Bertz CT molecular complexity index is 1140. The summed E-state index contributed by atoms with van der Waals surface area (Å²) in [4.78, 5) is 32.1. The lowest BCUT2D eigenvalue weighted by Gasteiger charge is -2.56. The van der Waals surface area contributed by atoms with Crippen LogP contribution in [0.2, 0.25) is 0 Å². The molecule has 1 N–H and O–H groups in total. The second-order valence-electron chi connectivity index (χ2n) is 9.83. The summed E-state index contributed by atoms with van der Waals surface area (Å²) < 4.78 is 0. The maximum atomic E-state index is 13.7. The van der Waals surface area contributed by atoms with Crippen molar-refractivity contribution in [2.24, 2.45) is 16.7 Å². The average molecular weight is 449 g/mol. The fourth-order valence-corrected chi connectivity index (χ4v) is 6.63. The first-order chi connectivity index (χ1) is 15.3. The molecule has 1 aliphatic heterocycles. The minimum absolute atomic E-state index is 0.0348. The first kappa shape index (κ1) is 20.9. The van der Waals surface area contributed by atoms with E-state index in [2.05, 4.69) is 30.1 Å². The van der Waals surface area contributed by atoms with Gasteiger partial charge in [-0.05, 0) is 29.2 Å². The highest BCUT2D eigenvalue weighted by Gasteiger charge is 2.67. The van der Waals surface area contributed by atoms with Crippen molar-refractivity contribution in [2.45, 2.75) is 26.8 Å². The zero-order valence-corrected chi connectivity index (χ0v) is 19.5. The van der Waals surface area contributed by atoms with E-state index in [1.54, 1.807) is 17.5 Å². The van der Waals surface area contributed by atoms with Crippen LogP contribution in [0.5, 0.6) is 0 Å². The summed E-state index contributed by atoms with van der Waals surface area (Å²) in [6, 6.07) is 13.8. The lowest BCUT2D eigenvalue weighted by molar-refractivity contribution is -0.162. The van der Waals surface area contributed by atoms with Crippen LogP contribution in [0.15, 0.2) is 54.0 Å². The van der Waals surface area contributed by atoms with Gasteiger partial charge >= 0.3 is 0 Å². The van der Waals surface area contributed by atoms with Gasteiger partial charge in [0.25, 0.3) is 5.91 Å². The molecule has 1 aliphatic carbocycles. The van der Waals surface area contributed by atoms with Crippen molar-refractivity contribution in [1.82, 2.24) is 20.0 Å². The Balaban J connectivity index is 1.40. The number of carbonyl (C=O) groups excluding carboxylic acids is 2. The fourth-order valence-electron chi connectivity index (χ4n) is 5.87. The molecule has 0 radical (unpaired) electrons. The molecule has 166 valence electrons. The van der Waals surface area contributed by atoms with Crippen LogP contribution in [0.3, 0.4) is 0 Å². The predicted octanol–water partition coefficient (Wildman–Crippen LogP) is 4.29. The first-order valence-electron chi connectivity index (χ1n) is 11.0. The molecule has 0 spiro atoms. The highest BCUT2D eigenvalue weighted by molar-refractivity contribution is 7.09. The Morgan fingerprint density at radius 2 is 2.00 bits per heavy atom. The van der Waals surface area contributed by atoms with E-state index >= 15 is 0 Å². The van der Waals surface area contributed by atoms with E-state index in [4.69, 9.17) is 0 Å². The number of nitrogens with zero attached hydrogens (tertiary/aromatic N) is 3. The van der Waals surface area contributed by atoms with Crippen molar-refractivity contribution in [2.75, 3.05) is 20.1 Å². The highest BCUT2D eigenvalue weighted by atomic mass is 32.1. The van der Waals surface area contributed by atoms with Gasteiger partial charge in [-0.2, -0.15) is 5.10 Å². The molecule has 2 atom stereocenters. The molecule has 3 heterocycles. The summed E-state index contributed by atoms with van der Waals surface area (Å²) in [7, 11) is 1.88. The number of carbonyl (C=O) groups is 2. The molecule has 5 rings (SSSR count). The number of nitrogens with one attached hydrogen (secondary N) is 1. The van der Waals surface area contributed by atoms with Crippen LogP contribution < -0.4 is 0 Å². The molecule has 3 aromatic rings. The molecule has 6 nitrogen and oxygen atoms in total. The zero-order chi connectivity index (χ0) is 22.5. The van der Waals surface area contributed by atoms with Crippen LogP contribution in [0.4, 0.5) is 0 Å². The SMILES string of the molecule is CN(Cc1cccs1)C(=O)[C@@]12CN(C(=O)c3cn[nH]c3-c3ccccc3)C[C@@H]1C(C)(C)C2. The Labute approximate surface area is 192 Å². The van der Waals surface area contributed by atoms with E-state index in [0.717, 1.165) is 17.7 Å². The van der Waals surface area contributed by atoms with Gasteiger partial charge in [0.05, 0.1) is 29.4 Å². The number of fused-ring (bicyclic) bond motifs is 1. The normalized spacial score (nSPS) is 23.5. The molecular formula is C25H28N4O2S. The Morgan fingerprint density at radius 1 is 1.22 bits per heavy atom. The van der Waals surface area contributed by atoms with Gasteiger partial charge in [0.1, 0.15) is 0 Å². The average Bonchev–Trinajstić information content (AvgIpc) is 3.52. The number of aromatic nitrogens is 2. The highest BCUT2D eigenvalue weighted by Crippen LogP contribution is 2.63. The topological polar surface area (TPSA) is 69.3 Å². The number of H-pyrrole nitrogens is 1. The van der Waals surface area contributed by atoms with E-state index in [9.17, 15) is 9.59 Å². The van der Waals surface area contributed by atoms with E-state index in [-0.39, 0.29) is 23.1 Å². The van der Waals surface area contributed by atoms with Crippen LogP contribution in [-0.2, 0) is 11.3 Å². The smallest absolute Gasteiger partial charge is 0.257 e. The standard InChI is InChI=1S/C25H28N4O2S/c1-24(2)15-25(23(31)28(3)13-18-10-7-11-32-18)16-29(14-20(24)25)22(30)19-12-26-27-21(19)17-8-5-4-6-9-17/h4-12,20H,13-16H2,1-3H3,(H,26,27)/t20-,25+/m1/s1. The van der Waals surface area contributed by atoms with Gasteiger partial charge in [-0.15, -0.1) is 11.3 Å². The maximum Gasteiger partial charge on any atom is 0.257 e. The number of likely N-dealkylation sites (tertiary alicyclic amines) is 1. The van der Waals surface area contributed by atoms with Crippen LogP contribution >= 0.6 is 11.3 Å². The number of aromatic amines is 1. The number of amides is 2. The first-order valence-corrected chi connectivity index (χ1v) is 11.9. The van der Waals surface area contributed by atoms with Gasteiger partial charge in [0, 0.05) is 30.6 Å². The Hall–Kier alpha value is -2.93. The van der Waals surface area contributed by atoms with E-state index in [0.29, 0.717) is 25.2 Å². The van der Waals surface area contributed by atoms with Gasteiger partial charge in [-0.25, -0.2) is 0 Å². The molecule has 2 amide bonds. The summed E-state index contributed by atoms with van der Waals surface area (Å²) in [5.41, 5.74) is 1.75. The molecule has 2 aliphatic rings. The molecule has 7 heteroatoms. The summed E-state index contributed by atoms with van der Waals surface area (Å²) in [5, 5.41) is 9.17. The van der Waals surface area contributed by atoms with Crippen molar-refractivity contribution in [3.05, 3.63) is 64.5 Å². The van der Waals surface area contributed by atoms with Gasteiger partial charge in [-0.3, -0.25) is 14.7 Å². The largest absolute Gasteiger partial charge is 0.340 e. The van der Waals surface area contributed by atoms with Gasteiger partial charge in [0.15, 0.2) is 0 Å². The molecule has 0 bridgehead atoms. The van der Waals surface area contributed by atoms with Crippen LogP contribution in [-0.4, -0.2) is 51.9 Å². The third-order valence-corrected chi connectivity index (χ3v) is 8.08. The van der Waals surface area contributed by atoms with Crippen LogP contribution in [0, 0.1) is 16.7 Å². The van der Waals surface area contributed by atoms with E-state index < -0.39 is 5.41 Å². The third kappa shape index (κ3) is 3.26. The van der Waals surface area contributed by atoms with Gasteiger partial charge in [0.2, 0.25) is 5.91 Å². The summed E-state index contributed by atoms with van der Waals surface area (Å²) in [5.74, 6) is 0.251. The number of hydrogen-bond donors (Lipinski definition) is 1. The molecule has 1 saturated heterocycles. The zero-order valence-electron chi connectivity index (χ0n) is 18.7. The minimum atomic E-state index is -0.498. The van der Waals surface area contributed by atoms with Crippen molar-refractivity contribution in [1.29, 1.82) is 0 Å². The van der Waals surface area contributed by atoms with E-state index in [1.807, 2.05) is 58.6 Å². The van der Waals surface area contributed by atoms with Crippen molar-refractivity contribution in [3.63, 3.8) is 0 Å². The van der Waals surface area contributed by atoms with Crippen molar-refractivity contribution < 1.29 is 9.59 Å². The molecule has 2 fully saturated rings. The summed E-state index contributed by atoms with van der Waals surface area (Å²) in [6.07, 6.45) is 2.41. The lowest BCUT2D eigenvalue weighted by atomic mass is 9.47. The molecular weight excluding hydrogens is 420 g/mol. The van der Waals surface area contributed by atoms with Gasteiger partial charge < -0.3 is 9.80 Å². The van der Waals surface area contributed by atoms with Gasteiger partial charge in [-0.1, -0.05) is 50.2 Å². The monoisotopic (exact) mass is 448 g/mol. The van der Waals surface area contributed by atoms with Crippen LogP contribution in [0.25, 0.3) is 11.3 Å². The van der Waals surface area contributed by atoms with Crippen molar-refractivity contribution in [3.8, 4) is 11.3 Å². The second kappa shape index (κ2) is 7.59. The molecule has 2 aromatic heterocycles. The quantitative estimate of drug-likeness (QED) is 0.633. The van der Waals surface area contributed by atoms with Crippen LogP contribution in [0.1, 0.15) is 35.5 Å². The lowest BCUT2D eigenvalue weighted by Crippen LogP contribution is -2.60. The third-order valence-electron chi connectivity index (χ3n) is 7.22. The second-order valence-corrected chi connectivity index (χ2v) is 10.9.